The number of fused-ring (bicyclic) bond motifs is 4. The Morgan fingerprint density at radius 3 is 1.98 bits per heavy atom. The van der Waals surface area contributed by atoms with E-state index in [0.717, 1.165) is 38.3 Å². The topological polar surface area (TPSA) is 51.8 Å². The quantitative estimate of drug-likeness (QED) is 0.227. The molecule has 0 amide bonds. The fraction of sp³-hybridized carbons (Fsp3) is 0. The van der Waals surface area contributed by atoms with E-state index in [2.05, 4.69) is 35.3 Å². The minimum Gasteiger partial charge on any atom is -0.455 e. The summed E-state index contributed by atoms with van der Waals surface area (Å²) in [6.07, 6.45) is 0. The van der Waals surface area contributed by atoms with Gasteiger partial charge < -0.3 is 4.42 Å². The van der Waals surface area contributed by atoms with Gasteiger partial charge in [-0.05, 0) is 28.5 Å². The highest BCUT2D eigenvalue weighted by molar-refractivity contribution is 6.21. The highest BCUT2D eigenvalue weighted by Gasteiger charge is 2.21. The summed E-state index contributed by atoms with van der Waals surface area (Å²) >= 11 is 0. The average molecular weight is 531 g/mol. The molecule has 0 atom stereocenters. The first-order valence-corrected chi connectivity index (χ1v) is 13.2. The van der Waals surface area contributed by atoms with Crippen molar-refractivity contribution in [1.82, 2.24) is 15.0 Å². The van der Waals surface area contributed by atoms with Crippen molar-refractivity contribution in [2.75, 3.05) is 0 Å². The molecule has 4 heteroatoms. The first-order chi connectivity index (χ1) is 22.4. The summed E-state index contributed by atoms with van der Waals surface area (Å²) in [5, 5.41) is 3.80. The Labute approximate surface area is 243 Å². The van der Waals surface area contributed by atoms with Crippen molar-refractivity contribution in [3.63, 3.8) is 0 Å². The Kier molecular flexibility index (Phi) is 4.34. The van der Waals surface area contributed by atoms with Crippen LogP contribution in [0, 0.1) is 0 Å². The van der Waals surface area contributed by atoms with Crippen LogP contribution in [0.1, 0.15) is 6.85 Å². The molecule has 41 heavy (non-hydrogen) atoms. The monoisotopic (exact) mass is 530 g/mol. The number of hydrogen-bond acceptors (Lipinski definition) is 4. The van der Waals surface area contributed by atoms with Gasteiger partial charge in [0.25, 0.3) is 0 Å². The van der Waals surface area contributed by atoms with Gasteiger partial charge in [-0.1, -0.05) is 127 Å². The molecular weight excluding hydrogens is 502 g/mol. The van der Waals surface area contributed by atoms with Crippen LogP contribution < -0.4 is 0 Å². The van der Waals surface area contributed by atoms with E-state index in [1.807, 2.05) is 78.9 Å². The number of furan rings is 1. The van der Waals surface area contributed by atoms with Crippen molar-refractivity contribution in [2.45, 2.75) is 0 Å². The molecule has 0 saturated carbocycles. The largest absolute Gasteiger partial charge is 0.455 e. The lowest BCUT2D eigenvalue weighted by Gasteiger charge is -2.10. The summed E-state index contributed by atoms with van der Waals surface area (Å²) in [5.74, 6) is 0.590. The highest BCUT2D eigenvalue weighted by Crippen LogP contribution is 2.43. The molecular formula is C37H23N3O. The van der Waals surface area contributed by atoms with Crippen LogP contribution >= 0.6 is 0 Å². The maximum atomic E-state index is 8.63. The molecule has 2 aromatic heterocycles. The summed E-state index contributed by atoms with van der Waals surface area (Å²) < 4.78 is 48.5. The number of aromatic nitrogens is 3. The van der Waals surface area contributed by atoms with Crippen molar-refractivity contribution in [1.29, 1.82) is 0 Å². The molecule has 0 fully saturated rings. The van der Waals surface area contributed by atoms with Crippen molar-refractivity contribution < 1.29 is 11.3 Å². The molecule has 0 bridgehead atoms. The zero-order valence-corrected chi connectivity index (χ0v) is 21.6. The highest BCUT2D eigenvalue weighted by atomic mass is 16.3. The molecule has 4 nitrogen and oxygen atoms in total. The van der Waals surface area contributed by atoms with Crippen molar-refractivity contribution in [3.8, 4) is 45.3 Å². The van der Waals surface area contributed by atoms with Crippen LogP contribution in [0.25, 0.3) is 78.0 Å². The maximum absolute atomic E-state index is 8.63. The zero-order chi connectivity index (χ0) is 31.5. The van der Waals surface area contributed by atoms with Crippen molar-refractivity contribution >= 4 is 32.7 Å². The molecule has 0 aliphatic carbocycles. The van der Waals surface area contributed by atoms with Crippen LogP contribution in [0.15, 0.2) is 144 Å². The summed E-state index contributed by atoms with van der Waals surface area (Å²) in [6.45, 7) is 0. The van der Waals surface area contributed by atoms with E-state index >= 15 is 0 Å². The van der Waals surface area contributed by atoms with Gasteiger partial charge in [0, 0.05) is 33.0 Å². The van der Waals surface area contributed by atoms with Gasteiger partial charge >= 0.3 is 0 Å². The van der Waals surface area contributed by atoms with E-state index < -0.39 is 18.1 Å². The molecule has 8 rings (SSSR count). The summed E-state index contributed by atoms with van der Waals surface area (Å²) in [5.41, 5.74) is 4.66. The Morgan fingerprint density at radius 1 is 0.537 bits per heavy atom. The molecule has 0 unspecified atom stereocenters. The third kappa shape index (κ3) is 3.97. The summed E-state index contributed by atoms with van der Waals surface area (Å²) in [4.78, 5) is 14.3. The van der Waals surface area contributed by atoms with Crippen LogP contribution in [0.5, 0.6) is 0 Å². The van der Waals surface area contributed by atoms with E-state index in [4.69, 9.17) is 21.2 Å². The van der Waals surface area contributed by atoms with Gasteiger partial charge in [-0.15, -0.1) is 0 Å². The fourth-order valence-electron chi connectivity index (χ4n) is 5.39. The number of hydrogen-bond donors (Lipinski definition) is 0. The molecule has 192 valence electrons. The third-order valence-corrected chi connectivity index (χ3v) is 7.20. The molecule has 8 aromatic rings. The normalized spacial score (nSPS) is 13.1. The maximum Gasteiger partial charge on any atom is 0.164 e. The minimum absolute atomic E-state index is 0.0129. The molecule has 0 N–H and O–H groups in total. The first kappa shape index (κ1) is 18.6. The Hall–Kier alpha value is -5.61. The van der Waals surface area contributed by atoms with Crippen LogP contribution in [-0.2, 0) is 0 Å². The van der Waals surface area contributed by atoms with Crippen molar-refractivity contribution in [2.24, 2.45) is 0 Å². The van der Waals surface area contributed by atoms with Crippen LogP contribution in [0.4, 0.5) is 0 Å². The zero-order valence-electron chi connectivity index (χ0n) is 26.6. The minimum atomic E-state index is -0.479. The predicted molar refractivity (Wildman–Crippen MR) is 166 cm³/mol. The second-order valence-corrected chi connectivity index (χ2v) is 9.67. The van der Waals surface area contributed by atoms with Gasteiger partial charge in [0.1, 0.15) is 11.2 Å². The van der Waals surface area contributed by atoms with Crippen LogP contribution in [0.3, 0.4) is 0 Å². The lowest BCUT2D eigenvalue weighted by molar-refractivity contribution is 0.670. The Bertz CT molecular complexity index is 2450. The van der Waals surface area contributed by atoms with Gasteiger partial charge in [0.05, 0.1) is 6.85 Å². The van der Waals surface area contributed by atoms with Gasteiger partial charge in [-0.25, -0.2) is 15.0 Å². The molecule has 6 aromatic carbocycles. The lowest BCUT2D eigenvalue weighted by Crippen LogP contribution is -2.00. The lowest BCUT2D eigenvalue weighted by atomic mass is 9.94. The molecule has 2 heterocycles. The van der Waals surface area contributed by atoms with E-state index in [1.54, 1.807) is 0 Å². The number of rotatable bonds is 4. The van der Waals surface area contributed by atoms with Gasteiger partial charge in [0.15, 0.2) is 17.5 Å². The number of nitrogens with zero attached hydrogens (tertiary/aromatic N) is 3. The fourth-order valence-corrected chi connectivity index (χ4v) is 5.39. The molecule has 0 saturated heterocycles. The van der Waals surface area contributed by atoms with Gasteiger partial charge in [-0.3, -0.25) is 0 Å². The number of benzene rings is 6. The van der Waals surface area contributed by atoms with Crippen LogP contribution in [0.2, 0.25) is 0 Å². The van der Waals surface area contributed by atoms with Gasteiger partial charge in [-0.2, -0.15) is 0 Å². The Morgan fingerprint density at radius 2 is 1.20 bits per heavy atom. The SMILES string of the molecule is [2H]c1c([2H])c([2H])c(-c2nc(-c3ccccc3)nc(-c3cccc4oc5c(-c6ccccc6)c6ccccc6cc5c34)n2)c([2H])c1[2H]. The third-order valence-electron chi connectivity index (χ3n) is 7.20. The van der Waals surface area contributed by atoms with E-state index in [9.17, 15) is 0 Å². The molecule has 0 spiro atoms. The Balaban J connectivity index is 1.47. The first-order valence-electron chi connectivity index (χ1n) is 15.7. The standard InChI is InChI=1S/C37H23N3O/c1-4-13-24(14-5-1)32-28-20-11-10-19-27(28)23-30-33-29(21-12-22-31(33)41-34(30)32)37-39-35(25-15-6-2-7-16-25)38-36(40-37)26-17-8-3-9-18-26/h1-23H/i2D,6D,7D,15D,16D. The smallest absolute Gasteiger partial charge is 0.164 e. The van der Waals surface area contributed by atoms with Crippen LogP contribution in [-0.4, -0.2) is 15.0 Å². The average Bonchev–Trinajstić information content (AvgIpc) is 3.47. The van der Waals surface area contributed by atoms with E-state index in [-0.39, 0.29) is 23.5 Å². The second-order valence-electron chi connectivity index (χ2n) is 9.67. The van der Waals surface area contributed by atoms with E-state index in [0.29, 0.717) is 28.4 Å². The molecule has 0 radical (unpaired) electrons. The van der Waals surface area contributed by atoms with Gasteiger partial charge in [0.2, 0.25) is 0 Å². The van der Waals surface area contributed by atoms with Crippen molar-refractivity contribution in [3.05, 3.63) is 139 Å². The summed E-state index contributed by atoms with van der Waals surface area (Å²) in [7, 11) is 0. The molecule has 0 aliphatic heterocycles. The summed E-state index contributed by atoms with van der Waals surface area (Å²) in [6, 6.07) is 33.3. The second kappa shape index (κ2) is 9.54. The predicted octanol–water partition coefficient (Wildman–Crippen LogP) is 9.59. The van der Waals surface area contributed by atoms with E-state index in [1.165, 1.54) is 0 Å². The molecule has 0 aliphatic rings.